The molecular weight excluding hydrogens is 294 g/mol. The number of anilines is 1. The predicted octanol–water partition coefficient (Wildman–Crippen LogP) is 3.93. The van der Waals surface area contributed by atoms with E-state index in [9.17, 15) is 4.79 Å². The third-order valence-electron chi connectivity index (χ3n) is 3.02. The third kappa shape index (κ3) is 4.31. The lowest BCUT2D eigenvalue weighted by Crippen LogP contribution is -2.24. The first-order valence-electron chi connectivity index (χ1n) is 7.61. The molecule has 0 fully saturated rings. The summed E-state index contributed by atoms with van der Waals surface area (Å²) in [7, 11) is 0. The normalized spacial score (nSPS) is 11.6. The van der Waals surface area contributed by atoms with Crippen LogP contribution in [-0.4, -0.2) is 21.6 Å². The van der Waals surface area contributed by atoms with E-state index in [4.69, 9.17) is 9.26 Å². The molecule has 1 N–H and O–H groups in total. The van der Waals surface area contributed by atoms with Crippen LogP contribution >= 0.6 is 0 Å². The SMILES string of the molecule is Cc1noc(C(C)C)c1NC(=O)c1cccc(OC(C)(C)C)n1. The molecule has 124 valence electrons. The fraction of sp³-hybridized carbons (Fsp3) is 0.471. The molecule has 6 nitrogen and oxygen atoms in total. The van der Waals surface area contributed by atoms with E-state index in [1.165, 1.54) is 0 Å². The summed E-state index contributed by atoms with van der Waals surface area (Å²) in [5.41, 5.74) is 1.15. The Hall–Kier alpha value is -2.37. The Kier molecular flexibility index (Phi) is 4.73. The topological polar surface area (TPSA) is 77.2 Å². The van der Waals surface area contributed by atoms with Crippen molar-refractivity contribution in [2.45, 2.75) is 53.1 Å². The third-order valence-corrected chi connectivity index (χ3v) is 3.02. The van der Waals surface area contributed by atoms with Crippen LogP contribution in [0.15, 0.2) is 22.7 Å². The largest absolute Gasteiger partial charge is 0.472 e. The van der Waals surface area contributed by atoms with Crippen molar-refractivity contribution in [3.8, 4) is 5.88 Å². The Morgan fingerprint density at radius 3 is 2.61 bits per heavy atom. The molecule has 0 aliphatic heterocycles. The lowest BCUT2D eigenvalue weighted by Gasteiger charge is -2.20. The summed E-state index contributed by atoms with van der Waals surface area (Å²) in [4.78, 5) is 16.7. The summed E-state index contributed by atoms with van der Waals surface area (Å²) in [6.45, 7) is 11.5. The van der Waals surface area contributed by atoms with Crippen LogP contribution in [0.1, 0.15) is 62.5 Å². The first kappa shape index (κ1) is 17.0. The molecule has 2 heterocycles. The number of nitrogens with one attached hydrogen (secondary N) is 1. The molecule has 0 unspecified atom stereocenters. The molecule has 2 aromatic rings. The van der Waals surface area contributed by atoms with E-state index in [0.717, 1.165) is 0 Å². The highest BCUT2D eigenvalue weighted by atomic mass is 16.5. The zero-order chi connectivity index (χ0) is 17.2. The number of amides is 1. The van der Waals surface area contributed by atoms with Crippen LogP contribution in [0.25, 0.3) is 0 Å². The highest BCUT2D eigenvalue weighted by Crippen LogP contribution is 2.27. The van der Waals surface area contributed by atoms with Crippen molar-refractivity contribution in [3.05, 3.63) is 35.3 Å². The number of carbonyl (C=O) groups is 1. The van der Waals surface area contributed by atoms with Gasteiger partial charge >= 0.3 is 0 Å². The molecule has 6 heteroatoms. The van der Waals surface area contributed by atoms with E-state index < -0.39 is 0 Å². The summed E-state index contributed by atoms with van der Waals surface area (Å²) >= 11 is 0. The van der Waals surface area contributed by atoms with Gasteiger partial charge in [-0.3, -0.25) is 4.79 Å². The minimum absolute atomic E-state index is 0.120. The first-order valence-corrected chi connectivity index (χ1v) is 7.61. The predicted molar refractivity (Wildman–Crippen MR) is 87.9 cm³/mol. The molecule has 2 rings (SSSR count). The van der Waals surface area contributed by atoms with Crippen LogP contribution < -0.4 is 10.1 Å². The molecule has 23 heavy (non-hydrogen) atoms. The summed E-state index contributed by atoms with van der Waals surface area (Å²) in [5.74, 6) is 0.863. The Morgan fingerprint density at radius 2 is 2.00 bits per heavy atom. The van der Waals surface area contributed by atoms with E-state index in [-0.39, 0.29) is 23.1 Å². The van der Waals surface area contributed by atoms with Gasteiger partial charge in [0.25, 0.3) is 5.91 Å². The van der Waals surface area contributed by atoms with Crippen LogP contribution in [0, 0.1) is 6.92 Å². The molecule has 0 saturated heterocycles. The zero-order valence-electron chi connectivity index (χ0n) is 14.4. The van der Waals surface area contributed by atoms with Crippen LogP contribution in [-0.2, 0) is 0 Å². The summed E-state index contributed by atoms with van der Waals surface area (Å²) in [6, 6.07) is 5.11. The number of rotatable bonds is 4. The highest BCUT2D eigenvalue weighted by Gasteiger charge is 2.20. The van der Waals surface area contributed by atoms with Gasteiger partial charge < -0.3 is 14.6 Å². The lowest BCUT2D eigenvalue weighted by molar-refractivity contribution is 0.101. The number of pyridine rings is 1. The second-order valence-electron chi connectivity index (χ2n) is 6.69. The smallest absolute Gasteiger partial charge is 0.274 e. The van der Waals surface area contributed by atoms with Gasteiger partial charge in [0.1, 0.15) is 22.7 Å². The van der Waals surface area contributed by atoms with Gasteiger partial charge in [-0.15, -0.1) is 0 Å². The number of hydrogen-bond donors (Lipinski definition) is 1. The number of ether oxygens (including phenoxy) is 1. The second-order valence-corrected chi connectivity index (χ2v) is 6.69. The molecule has 1 amide bonds. The van der Waals surface area contributed by atoms with Crippen molar-refractivity contribution in [1.82, 2.24) is 10.1 Å². The van der Waals surface area contributed by atoms with Gasteiger partial charge in [0.15, 0.2) is 5.76 Å². The van der Waals surface area contributed by atoms with Gasteiger partial charge in [0, 0.05) is 12.0 Å². The summed E-state index contributed by atoms with van der Waals surface area (Å²) in [5, 5.41) is 6.75. The van der Waals surface area contributed by atoms with Gasteiger partial charge in [0.05, 0.1) is 0 Å². The average molecular weight is 317 g/mol. The van der Waals surface area contributed by atoms with E-state index in [1.54, 1.807) is 25.1 Å². The Morgan fingerprint density at radius 1 is 1.30 bits per heavy atom. The maximum absolute atomic E-state index is 12.5. The molecule has 0 saturated carbocycles. The zero-order valence-corrected chi connectivity index (χ0v) is 14.4. The number of carbonyl (C=O) groups excluding carboxylic acids is 1. The molecule has 2 aromatic heterocycles. The van der Waals surface area contributed by atoms with Gasteiger partial charge in [0.2, 0.25) is 5.88 Å². The Balaban J connectivity index is 2.22. The quantitative estimate of drug-likeness (QED) is 0.924. The number of hydrogen-bond acceptors (Lipinski definition) is 5. The molecule has 0 spiro atoms. The fourth-order valence-corrected chi connectivity index (χ4v) is 2.02. The standard InChI is InChI=1S/C17H23N3O3/c1-10(2)15-14(11(3)20-23-15)19-16(21)12-8-7-9-13(18-12)22-17(4,5)6/h7-10H,1-6H3,(H,19,21). The Labute approximate surface area is 136 Å². The molecule has 0 aliphatic carbocycles. The van der Waals surface area contributed by atoms with Gasteiger partial charge in [-0.2, -0.15) is 0 Å². The monoisotopic (exact) mass is 317 g/mol. The highest BCUT2D eigenvalue weighted by molar-refractivity contribution is 6.03. The Bertz CT molecular complexity index is 699. The maximum Gasteiger partial charge on any atom is 0.274 e. The van der Waals surface area contributed by atoms with Crippen molar-refractivity contribution < 1.29 is 14.1 Å². The fourth-order valence-electron chi connectivity index (χ4n) is 2.02. The van der Waals surface area contributed by atoms with E-state index >= 15 is 0 Å². The second kappa shape index (κ2) is 6.40. The van der Waals surface area contributed by atoms with Crippen LogP contribution in [0.4, 0.5) is 5.69 Å². The van der Waals surface area contributed by atoms with E-state index in [2.05, 4.69) is 15.5 Å². The minimum Gasteiger partial charge on any atom is -0.472 e. The van der Waals surface area contributed by atoms with Gasteiger partial charge in [-0.1, -0.05) is 25.1 Å². The molecule has 0 aromatic carbocycles. The van der Waals surface area contributed by atoms with Crippen LogP contribution in [0.5, 0.6) is 5.88 Å². The molecule has 0 aliphatic rings. The van der Waals surface area contributed by atoms with E-state index in [1.807, 2.05) is 34.6 Å². The number of nitrogens with zero attached hydrogens (tertiary/aromatic N) is 2. The lowest BCUT2D eigenvalue weighted by atomic mass is 10.1. The van der Waals surface area contributed by atoms with Gasteiger partial charge in [-0.05, 0) is 33.8 Å². The summed E-state index contributed by atoms with van der Waals surface area (Å²) in [6.07, 6.45) is 0. The molecule has 0 radical (unpaired) electrons. The minimum atomic E-state index is -0.377. The van der Waals surface area contributed by atoms with Crippen LogP contribution in [0.2, 0.25) is 0 Å². The van der Waals surface area contributed by atoms with Gasteiger partial charge in [-0.25, -0.2) is 4.98 Å². The first-order chi connectivity index (χ1) is 10.7. The molecule has 0 bridgehead atoms. The van der Waals surface area contributed by atoms with Crippen molar-refractivity contribution in [2.75, 3.05) is 5.32 Å². The van der Waals surface area contributed by atoms with Crippen molar-refractivity contribution >= 4 is 11.6 Å². The summed E-state index contributed by atoms with van der Waals surface area (Å²) < 4.78 is 11.0. The average Bonchev–Trinajstić information content (AvgIpc) is 2.79. The van der Waals surface area contributed by atoms with Crippen molar-refractivity contribution in [3.63, 3.8) is 0 Å². The molecule has 0 atom stereocenters. The molecular formula is C17H23N3O3. The van der Waals surface area contributed by atoms with Crippen molar-refractivity contribution in [1.29, 1.82) is 0 Å². The maximum atomic E-state index is 12.5. The number of aromatic nitrogens is 2. The van der Waals surface area contributed by atoms with Crippen LogP contribution in [0.3, 0.4) is 0 Å². The van der Waals surface area contributed by atoms with E-state index in [0.29, 0.717) is 23.0 Å². The number of aryl methyl sites for hydroxylation is 1. The van der Waals surface area contributed by atoms with Crippen molar-refractivity contribution in [2.24, 2.45) is 0 Å².